The Hall–Kier alpha value is -1.40. The summed E-state index contributed by atoms with van der Waals surface area (Å²) in [5.41, 5.74) is 0.891. The molecule has 22 heavy (non-hydrogen) atoms. The molecule has 6 nitrogen and oxygen atoms in total. The number of nitrogens with zero attached hydrogens (tertiary/aromatic N) is 2. The van der Waals surface area contributed by atoms with Crippen molar-refractivity contribution in [2.75, 3.05) is 19.6 Å². The molecule has 0 saturated carbocycles. The van der Waals surface area contributed by atoms with Gasteiger partial charge in [-0.3, -0.25) is 4.79 Å². The molecule has 124 valence electrons. The van der Waals surface area contributed by atoms with Crippen molar-refractivity contribution in [3.63, 3.8) is 0 Å². The van der Waals surface area contributed by atoms with E-state index >= 15 is 0 Å². The Morgan fingerprint density at radius 3 is 2.55 bits per heavy atom. The van der Waals surface area contributed by atoms with E-state index in [2.05, 4.69) is 20.9 Å². The van der Waals surface area contributed by atoms with Gasteiger partial charge in [0, 0.05) is 25.8 Å². The Labute approximate surface area is 141 Å². The van der Waals surface area contributed by atoms with Crippen LogP contribution in [0.1, 0.15) is 26.0 Å². The van der Waals surface area contributed by atoms with Crippen LogP contribution < -0.4 is 16.0 Å². The quantitative estimate of drug-likeness (QED) is 0.521. The van der Waals surface area contributed by atoms with E-state index in [9.17, 15) is 4.79 Å². The topological polar surface area (TPSA) is 70.5 Å². The van der Waals surface area contributed by atoms with E-state index in [1.54, 1.807) is 10.6 Å². The van der Waals surface area contributed by atoms with Gasteiger partial charge < -0.3 is 20.5 Å². The summed E-state index contributed by atoms with van der Waals surface area (Å²) in [6.45, 7) is 5.95. The largest absolute Gasteiger partial charge is 0.357 e. The Bertz CT molecular complexity index is 528. The Kier molecular flexibility index (Phi) is 8.12. The molecule has 0 aliphatic rings. The van der Waals surface area contributed by atoms with Crippen LogP contribution in [-0.4, -0.2) is 36.1 Å². The lowest BCUT2D eigenvalue weighted by Crippen LogP contribution is -2.43. The fraction of sp³-hybridized carbons (Fsp3) is 0.571. The molecule has 0 fully saturated rings. The van der Waals surface area contributed by atoms with Gasteiger partial charge in [-0.05, 0) is 19.4 Å². The van der Waals surface area contributed by atoms with Gasteiger partial charge in [0.1, 0.15) is 5.15 Å². The number of aromatic nitrogens is 1. The van der Waals surface area contributed by atoms with Crippen LogP contribution in [0.2, 0.25) is 10.2 Å². The Balaban J connectivity index is 2.61. The third-order valence-electron chi connectivity index (χ3n) is 2.95. The first-order valence-electron chi connectivity index (χ1n) is 7.28. The molecule has 1 amide bonds. The highest BCUT2D eigenvalue weighted by Gasteiger charge is 2.09. The third kappa shape index (κ3) is 5.77. The Morgan fingerprint density at radius 1 is 1.27 bits per heavy atom. The van der Waals surface area contributed by atoms with Gasteiger partial charge in [0.25, 0.3) is 0 Å². The summed E-state index contributed by atoms with van der Waals surface area (Å²) in [5.74, 6) is 0.514. The fourth-order valence-electron chi connectivity index (χ4n) is 1.73. The first-order valence-corrected chi connectivity index (χ1v) is 8.03. The number of rotatable bonds is 7. The standard InChI is InChI=1S/C14H23Cl2N5O/c1-4-6-18-12(22)9-20-14(17-5-2)19-8-10-7-11(15)13(16)21(10)3/h7H,4-6,8-9H2,1-3H3,(H,18,22)(H2,17,19,20). The molecule has 1 heterocycles. The lowest BCUT2D eigenvalue weighted by molar-refractivity contribution is -0.120. The third-order valence-corrected chi connectivity index (χ3v) is 3.79. The minimum atomic E-state index is -0.0580. The zero-order chi connectivity index (χ0) is 16.5. The molecule has 0 aliphatic heterocycles. The van der Waals surface area contributed by atoms with E-state index in [-0.39, 0.29) is 12.5 Å². The van der Waals surface area contributed by atoms with Gasteiger partial charge in [0.2, 0.25) is 5.91 Å². The number of hydrogen-bond acceptors (Lipinski definition) is 2. The van der Waals surface area contributed by atoms with Crippen molar-refractivity contribution in [3.8, 4) is 0 Å². The van der Waals surface area contributed by atoms with Crippen LogP contribution in [0.3, 0.4) is 0 Å². The number of carbonyl (C=O) groups is 1. The first-order chi connectivity index (χ1) is 10.5. The summed E-state index contributed by atoms with van der Waals surface area (Å²) < 4.78 is 1.78. The van der Waals surface area contributed by atoms with Crippen LogP contribution in [-0.2, 0) is 18.4 Å². The molecule has 0 atom stereocenters. The highest BCUT2D eigenvalue weighted by molar-refractivity contribution is 6.41. The second kappa shape index (κ2) is 9.58. The van der Waals surface area contributed by atoms with Crippen molar-refractivity contribution >= 4 is 35.1 Å². The van der Waals surface area contributed by atoms with E-state index in [4.69, 9.17) is 23.2 Å². The normalized spacial score (nSPS) is 11.4. The maximum Gasteiger partial charge on any atom is 0.239 e. The average molecular weight is 348 g/mol. The second-order valence-corrected chi connectivity index (χ2v) is 5.50. The maximum absolute atomic E-state index is 11.6. The van der Waals surface area contributed by atoms with Gasteiger partial charge >= 0.3 is 0 Å². The number of amides is 1. The van der Waals surface area contributed by atoms with Crippen molar-refractivity contribution < 1.29 is 4.79 Å². The summed E-state index contributed by atoms with van der Waals surface area (Å²) >= 11 is 12.0. The molecule has 3 N–H and O–H groups in total. The van der Waals surface area contributed by atoms with Gasteiger partial charge in [0.05, 0.1) is 18.1 Å². The van der Waals surface area contributed by atoms with Crippen molar-refractivity contribution in [1.29, 1.82) is 0 Å². The van der Waals surface area contributed by atoms with Crippen LogP contribution in [0, 0.1) is 0 Å². The average Bonchev–Trinajstić information content (AvgIpc) is 2.75. The van der Waals surface area contributed by atoms with E-state index < -0.39 is 0 Å². The molecule has 1 rings (SSSR count). The van der Waals surface area contributed by atoms with Crippen LogP contribution >= 0.6 is 23.2 Å². The molecule has 8 heteroatoms. The molecule has 0 spiro atoms. The monoisotopic (exact) mass is 347 g/mol. The van der Waals surface area contributed by atoms with Crippen LogP contribution in [0.5, 0.6) is 0 Å². The van der Waals surface area contributed by atoms with Crippen molar-refractivity contribution in [2.45, 2.75) is 26.8 Å². The van der Waals surface area contributed by atoms with E-state index in [0.717, 1.165) is 12.1 Å². The summed E-state index contributed by atoms with van der Waals surface area (Å²) in [5, 5.41) is 9.88. The van der Waals surface area contributed by atoms with Crippen molar-refractivity contribution in [3.05, 3.63) is 21.9 Å². The van der Waals surface area contributed by atoms with Gasteiger partial charge in [-0.25, -0.2) is 4.99 Å². The van der Waals surface area contributed by atoms with E-state index in [1.807, 2.05) is 20.9 Å². The summed E-state index contributed by atoms with van der Waals surface area (Å²) in [6, 6.07) is 1.78. The predicted octanol–water partition coefficient (Wildman–Crippen LogP) is 1.91. The minimum Gasteiger partial charge on any atom is -0.357 e. The van der Waals surface area contributed by atoms with Crippen LogP contribution in [0.15, 0.2) is 11.1 Å². The first kappa shape index (κ1) is 18.6. The molecule has 0 aromatic carbocycles. The molecular formula is C14H23Cl2N5O. The van der Waals surface area contributed by atoms with Crippen molar-refractivity contribution in [2.24, 2.45) is 12.0 Å². The predicted molar refractivity (Wildman–Crippen MR) is 91.6 cm³/mol. The van der Waals surface area contributed by atoms with Gasteiger partial charge in [-0.15, -0.1) is 0 Å². The zero-order valence-corrected chi connectivity index (χ0v) is 14.7. The lowest BCUT2D eigenvalue weighted by Gasteiger charge is -2.11. The molecule has 1 aromatic rings. The molecule has 0 saturated heterocycles. The maximum atomic E-state index is 11.6. The smallest absolute Gasteiger partial charge is 0.239 e. The fourth-order valence-corrected chi connectivity index (χ4v) is 2.15. The number of guanidine groups is 1. The minimum absolute atomic E-state index is 0.0580. The highest BCUT2D eigenvalue weighted by Crippen LogP contribution is 2.25. The van der Waals surface area contributed by atoms with Crippen LogP contribution in [0.4, 0.5) is 0 Å². The molecule has 0 unspecified atom stereocenters. The molecule has 0 bridgehead atoms. The van der Waals surface area contributed by atoms with Gasteiger partial charge in [-0.2, -0.15) is 0 Å². The SMILES string of the molecule is CCCNC(=O)CNC(=NCc1cc(Cl)c(Cl)n1C)NCC. The number of halogens is 2. The molecular weight excluding hydrogens is 325 g/mol. The molecule has 1 aromatic heterocycles. The van der Waals surface area contributed by atoms with E-state index in [0.29, 0.717) is 35.8 Å². The number of aliphatic imine (C=N–C) groups is 1. The van der Waals surface area contributed by atoms with Gasteiger partial charge in [0.15, 0.2) is 5.96 Å². The van der Waals surface area contributed by atoms with E-state index in [1.165, 1.54) is 0 Å². The summed E-state index contributed by atoms with van der Waals surface area (Å²) in [6.07, 6.45) is 0.912. The summed E-state index contributed by atoms with van der Waals surface area (Å²) in [7, 11) is 1.83. The second-order valence-electron chi connectivity index (χ2n) is 4.73. The van der Waals surface area contributed by atoms with Crippen molar-refractivity contribution in [1.82, 2.24) is 20.5 Å². The molecule has 0 radical (unpaired) electrons. The zero-order valence-electron chi connectivity index (χ0n) is 13.2. The number of hydrogen-bond donors (Lipinski definition) is 3. The summed E-state index contributed by atoms with van der Waals surface area (Å²) in [4.78, 5) is 16.0. The Morgan fingerprint density at radius 2 is 2.00 bits per heavy atom. The molecule has 0 aliphatic carbocycles. The lowest BCUT2D eigenvalue weighted by atomic mass is 10.4. The van der Waals surface area contributed by atoms with Gasteiger partial charge in [-0.1, -0.05) is 30.1 Å². The number of carbonyl (C=O) groups excluding carboxylic acids is 1. The van der Waals surface area contributed by atoms with Crippen LogP contribution in [0.25, 0.3) is 0 Å². The highest BCUT2D eigenvalue weighted by atomic mass is 35.5. The number of nitrogens with one attached hydrogen (secondary N) is 3.